The van der Waals surface area contributed by atoms with Gasteiger partial charge in [-0.3, -0.25) is 0 Å². The Morgan fingerprint density at radius 3 is 2.85 bits per heavy atom. The third-order valence-electron chi connectivity index (χ3n) is 4.05. The van der Waals surface area contributed by atoms with E-state index >= 15 is 0 Å². The largest absolute Gasteiger partial charge is 0.378 e. The minimum absolute atomic E-state index is 0.370. The van der Waals surface area contributed by atoms with Crippen LogP contribution in [-0.2, 0) is 11.3 Å². The predicted octanol–water partition coefficient (Wildman–Crippen LogP) is 2.54. The molecule has 0 aromatic carbocycles. The summed E-state index contributed by atoms with van der Waals surface area (Å²) in [6, 6.07) is 0.370. The molecule has 0 amide bonds. The lowest BCUT2D eigenvalue weighted by molar-refractivity contribution is -0.0293. The molecule has 1 saturated carbocycles. The number of hydrogen-bond acceptors (Lipinski definition) is 4. The summed E-state index contributed by atoms with van der Waals surface area (Å²) >= 11 is 0. The van der Waals surface area contributed by atoms with E-state index in [1.165, 1.54) is 18.5 Å². The fourth-order valence-corrected chi connectivity index (χ4v) is 3.05. The number of ether oxygens (including phenoxy) is 1. The number of nitrogens with one attached hydrogen (secondary N) is 1. The number of hydrogen-bond donors (Lipinski definition) is 1. The summed E-state index contributed by atoms with van der Waals surface area (Å²) in [5.74, 6) is 0.764. The second-order valence-corrected chi connectivity index (χ2v) is 5.64. The van der Waals surface area contributed by atoms with Crippen molar-refractivity contribution >= 4 is 0 Å². The molecule has 0 radical (unpaired) electrons. The molecule has 2 rings (SSSR count). The van der Waals surface area contributed by atoms with Crippen LogP contribution in [0.2, 0.25) is 0 Å². The zero-order valence-electron chi connectivity index (χ0n) is 13.0. The minimum Gasteiger partial charge on any atom is -0.378 e. The standard InChI is InChI=1S/C15H28N4O/c1-4-7-19-15(11-17-18-19)14(16-5-2)10-12-8-13(9-12)20-6-3/h11-14,16H,4-10H2,1-3H3. The first-order valence-electron chi connectivity index (χ1n) is 8.01. The first-order chi connectivity index (χ1) is 9.78. The molecule has 1 unspecified atom stereocenters. The van der Waals surface area contributed by atoms with Crippen molar-refractivity contribution in [2.45, 2.75) is 65.1 Å². The van der Waals surface area contributed by atoms with E-state index in [1.54, 1.807) is 0 Å². The molecule has 0 aliphatic heterocycles. The van der Waals surface area contributed by atoms with E-state index in [-0.39, 0.29) is 0 Å². The Morgan fingerprint density at radius 1 is 1.40 bits per heavy atom. The lowest BCUT2D eigenvalue weighted by atomic mass is 9.77. The summed E-state index contributed by atoms with van der Waals surface area (Å²) in [6.45, 7) is 9.16. The topological polar surface area (TPSA) is 52.0 Å². The van der Waals surface area contributed by atoms with Crippen LogP contribution in [0.5, 0.6) is 0 Å². The average molecular weight is 280 g/mol. The summed E-state index contributed by atoms with van der Waals surface area (Å²) in [5.41, 5.74) is 1.23. The molecule has 1 aromatic heterocycles. The van der Waals surface area contributed by atoms with Gasteiger partial charge < -0.3 is 10.1 Å². The number of rotatable bonds is 9. The molecule has 1 aromatic rings. The summed E-state index contributed by atoms with van der Waals surface area (Å²) in [7, 11) is 0. The number of aryl methyl sites for hydroxylation is 1. The van der Waals surface area contributed by atoms with Gasteiger partial charge in [0.05, 0.1) is 24.0 Å². The first-order valence-corrected chi connectivity index (χ1v) is 8.01. The summed E-state index contributed by atoms with van der Waals surface area (Å²) in [6.07, 6.45) is 7.06. The molecular weight excluding hydrogens is 252 g/mol. The van der Waals surface area contributed by atoms with E-state index in [0.29, 0.717) is 12.1 Å². The Morgan fingerprint density at radius 2 is 2.20 bits per heavy atom. The molecule has 1 N–H and O–H groups in total. The lowest BCUT2D eigenvalue weighted by Crippen LogP contribution is -2.35. The highest BCUT2D eigenvalue weighted by molar-refractivity contribution is 5.04. The lowest BCUT2D eigenvalue weighted by Gasteiger charge is -2.37. The zero-order valence-corrected chi connectivity index (χ0v) is 13.0. The van der Waals surface area contributed by atoms with Crippen LogP contribution in [0.1, 0.15) is 58.2 Å². The van der Waals surface area contributed by atoms with E-state index in [1.807, 2.05) is 10.9 Å². The van der Waals surface area contributed by atoms with Gasteiger partial charge in [-0.25, -0.2) is 4.68 Å². The second-order valence-electron chi connectivity index (χ2n) is 5.64. The van der Waals surface area contributed by atoms with Crippen molar-refractivity contribution in [3.8, 4) is 0 Å². The Balaban J connectivity index is 1.92. The molecule has 5 nitrogen and oxygen atoms in total. The molecule has 1 aliphatic carbocycles. The fourth-order valence-electron chi connectivity index (χ4n) is 3.05. The first kappa shape index (κ1) is 15.4. The van der Waals surface area contributed by atoms with Crippen molar-refractivity contribution in [2.24, 2.45) is 5.92 Å². The van der Waals surface area contributed by atoms with Crippen LogP contribution >= 0.6 is 0 Å². The SMILES string of the molecule is CCCn1nncc1C(CC1CC(OCC)C1)NCC. The van der Waals surface area contributed by atoms with Crippen LogP contribution in [0.25, 0.3) is 0 Å². The van der Waals surface area contributed by atoms with E-state index < -0.39 is 0 Å². The molecule has 0 spiro atoms. The van der Waals surface area contributed by atoms with E-state index in [2.05, 4.69) is 36.4 Å². The van der Waals surface area contributed by atoms with Crippen LogP contribution < -0.4 is 5.32 Å². The maximum absolute atomic E-state index is 5.65. The van der Waals surface area contributed by atoms with Crippen molar-refractivity contribution in [1.82, 2.24) is 20.3 Å². The van der Waals surface area contributed by atoms with Gasteiger partial charge in [-0.2, -0.15) is 0 Å². The van der Waals surface area contributed by atoms with Gasteiger partial charge in [0.2, 0.25) is 0 Å². The van der Waals surface area contributed by atoms with Gasteiger partial charge in [0.25, 0.3) is 0 Å². The molecule has 0 bridgehead atoms. The van der Waals surface area contributed by atoms with Gasteiger partial charge >= 0.3 is 0 Å². The monoisotopic (exact) mass is 280 g/mol. The van der Waals surface area contributed by atoms with Gasteiger partial charge in [-0.1, -0.05) is 19.1 Å². The van der Waals surface area contributed by atoms with Gasteiger partial charge in [0.15, 0.2) is 0 Å². The molecule has 5 heteroatoms. The molecule has 1 aliphatic rings. The average Bonchev–Trinajstić information content (AvgIpc) is 2.84. The molecule has 114 valence electrons. The molecule has 20 heavy (non-hydrogen) atoms. The quantitative estimate of drug-likeness (QED) is 0.755. The second kappa shape index (κ2) is 7.74. The number of aromatic nitrogens is 3. The number of nitrogens with zero attached hydrogens (tertiary/aromatic N) is 3. The van der Waals surface area contributed by atoms with E-state index in [0.717, 1.165) is 38.5 Å². The smallest absolute Gasteiger partial charge is 0.0756 e. The van der Waals surface area contributed by atoms with Crippen molar-refractivity contribution in [2.75, 3.05) is 13.2 Å². The van der Waals surface area contributed by atoms with Gasteiger partial charge in [0.1, 0.15) is 0 Å². The van der Waals surface area contributed by atoms with Crippen LogP contribution in [0.4, 0.5) is 0 Å². The van der Waals surface area contributed by atoms with Gasteiger partial charge in [0, 0.05) is 13.2 Å². The normalized spacial score (nSPS) is 23.6. The van der Waals surface area contributed by atoms with Crippen molar-refractivity contribution < 1.29 is 4.74 Å². The van der Waals surface area contributed by atoms with Crippen LogP contribution in [0.3, 0.4) is 0 Å². The Hall–Kier alpha value is -0.940. The Bertz CT molecular complexity index is 387. The van der Waals surface area contributed by atoms with Crippen molar-refractivity contribution in [1.29, 1.82) is 0 Å². The summed E-state index contributed by atoms with van der Waals surface area (Å²) in [5, 5.41) is 11.9. The predicted molar refractivity (Wildman–Crippen MR) is 79.5 cm³/mol. The Labute approximate surface area is 122 Å². The van der Waals surface area contributed by atoms with Gasteiger partial charge in [-0.05, 0) is 45.1 Å². The highest BCUT2D eigenvalue weighted by Crippen LogP contribution is 2.36. The van der Waals surface area contributed by atoms with Crippen molar-refractivity contribution in [3.05, 3.63) is 11.9 Å². The highest BCUT2D eigenvalue weighted by atomic mass is 16.5. The van der Waals surface area contributed by atoms with Crippen LogP contribution in [0, 0.1) is 5.92 Å². The highest BCUT2D eigenvalue weighted by Gasteiger charge is 2.32. The third kappa shape index (κ3) is 3.79. The third-order valence-corrected chi connectivity index (χ3v) is 4.05. The Kier molecular flexibility index (Phi) is 5.98. The van der Waals surface area contributed by atoms with Crippen LogP contribution in [-0.4, -0.2) is 34.2 Å². The van der Waals surface area contributed by atoms with E-state index in [4.69, 9.17) is 4.74 Å². The fraction of sp³-hybridized carbons (Fsp3) is 0.867. The molecular formula is C15H28N4O. The van der Waals surface area contributed by atoms with E-state index in [9.17, 15) is 0 Å². The maximum atomic E-state index is 5.65. The molecule has 1 atom stereocenters. The maximum Gasteiger partial charge on any atom is 0.0756 e. The van der Waals surface area contributed by atoms with Crippen molar-refractivity contribution in [3.63, 3.8) is 0 Å². The molecule has 0 saturated heterocycles. The summed E-state index contributed by atoms with van der Waals surface area (Å²) < 4.78 is 7.70. The summed E-state index contributed by atoms with van der Waals surface area (Å²) in [4.78, 5) is 0. The zero-order chi connectivity index (χ0) is 14.4. The van der Waals surface area contributed by atoms with Crippen LogP contribution in [0.15, 0.2) is 6.20 Å². The minimum atomic E-state index is 0.370. The van der Waals surface area contributed by atoms with Gasteiger partial charge in [-0.15, -0.1) is 5.10 Å². The molecule has 1 fully saturated rings. The molecule has 1 heterocycles.